The number of nitrogens with zero attached hydrogens (tertiary/aromatic N) is 5. The van der Waals surface area contributed by atoms with Crippen molar-refractivity contribution in [2.45, 2.75) is 19.4 Å². The third kappa shape index (κ3) is 4.82. The van der Waals surface area contributed by atoms with Crippen LogP contribution in [-0.2, 0) is 6.54 Å². The topological polar surface area (TPSA) is 56.6 Å². The van der Waals surface area contributed by atoms with Crippen molar-refractivity contribution in [1.29, 1.82) is 0 Å². The molecule has 1 amide bonds. The lowest BCUT2D eigenvalue weighted by atomic mass is 10.1. The predicted molar refractivity (Wildman–Crippen MR) is 120 cm³/mol. The highest BCUT2D eigenvalue weighted by atomic mass is 35.5. The van der Waals surface area contributed by atoms with Crippen LogP contribution < -0.4 is 9.62 Å². The lowest BCUT2D eigenvalue weighted by Crippen LogP contribution is -2.49. The number of amides is 1. The van der Waals surface area contributed by atoms with Gasteiger partial charge in [0.05, 0.1) is 0 Å². The second kappa shape index (κ2) is 9.28. The molecular weight excluding hydrogens is 408 g/mol. The highest BCUT2D eigenvalue weighted by Crippen LogP contribution is 2.29. The van der Waals surface area contributed by atoms with Gasteiger partial charge in [0.2, 0.25) is 0 Å². The normalized spacial score (nSPS) is 17.7. The van der Waals surface area contributed by atoms with Crippen LogP contribution >= 0.6 is 23.5 Å². The fourth-order valence-electron chi connectivity index (χ4n) is 4.00. The van der Waals surface area contributed by atoms with E-state index in [2.05, 4.69) is 31.8 Å². The van der Waals surface area contributed by atoms with Crippen LogP contribution in [0.15, 0.2) is 30.5 Å². The third-order valence-corrected chi connectivity index (χ3v) is 6.17. The molecule has 7 nitrogen and oxygen atoms in total. The van der Waals surface area contributed by atoms with Gasteiger partial charge >= 0.3 is 6.03 Å². The molecule has 2 aliphatic heterocycles. The van der Waals surface area contributed by atoms with E-state index in [1.165, 1.54) is 40.7 Å². The lowest BCUT2D eigenvalue weighted by molar-refractivity contribution is 0.134. The fraction of sp³-hybridized carbons (Fsp3) is 0.500. The van der Waals surface area contributed by atoms with Gasteiger partial charge in [-0.1, -0.05) is 29.6 Å². The second-order valence-electron chi connectivity index (χ2n) is 7.46. The Morgan fingerprint density at radius 3 is 2.62 bits per heavy atom. The number of benzene rings is 1. The van der Waals surface area contributed by atoms with E-state index in [9.17, 15) is 4.79 Å². The number of piperazine rings is 1. The number of rotatable bonds is 5. The Hall–Kier alpha value is -1.90. The van der Waals surface area contributed by atoms with Crippen LogP contribution in [0.1, 0.15) is 18.4 Å². The predicted octanol–water partition coefficient (Wildman–Crippen LogP) is 3.61. The van der Waals surface area contributed by atoms with Crippen LogP contribution in [-0.4, -0.2) is 71.1 Å². The van der Waals surface area contributed by atoms with Crippen LogP contribution in [0.3, 0.4) is 0 Å². The molecule has 0 atom stereocenters. The molecule has 0 saturated carbocycles. The Bertz CT molecular complexity index is 845. The van der Waals surface area contributed by atoms with Gasteiger partial charge < -0.3 is 14.5 Å². The van der Waals surface area contributed by atoms with Crippen molar-refractivity contribution in [3.8, 4) is 0 Å². The Labute approximate surface area is 181 Å². The van der Waals surface area contributed by atoms with Crippen molar-refractivity contribution in [3.05, 3.63) is 41.0 Å². The third-order valence-electron chi connectivity index (χ3n) is 5.52. The summed E-state index contributed by atoms with van der Waals surface area (Å²) in [4.78, 5) is 19.4. The van der Waals surface area contributed by atoms with Crippen LogP contribution in [0, 0.1) is 0 Å². The Kier molecular flexibility index (Phi) is 6.52. The molecule has 0 unspecified atom stereocenters. The van der Waals surface area contributed by atoms with Crippen molar-refractivity contribution < 1.29 is 4.79 Å². The zero-order chi connectivity index (χ0) is 20.2. The lowest BCUT2D eigenvalue weighted by Gasteiger charge is -2.35. The molecule has 2 aliphatic rings. The number of carbonyl (C=O) groups excluding carboxylic acids is 1. The molecule has 9 heteroatoms. The highest BCUT2D eigenvalue weighted by Gasteiger charge is 2.24. The maximum absolute atomic E-state index is 12.7. The average molecular weight is 435 g/mol. The number of aromatic nitrogens is 2. The van der Waals surface area contributed by atoms with E-state index < -0.39 is 0 Å². The first-order valence-corrected chi connectivity index (χ1v) is 11.6. The summed E-state index contributed by atoms with van der Waals surface area (Å²) in [6.45, 7) is 6.21. The Morgan fingerprint density at radius 1 is 1.14 bits per heavy atom. The molecular formula is C20H27ClN6OS. The number of nitrogens with one attached hydrogen (secondary N) is 1. The van der Waals surface area contributed by atoms with Gasteiger partial charge in [-0.05, 0) is 30.5 Å². The number of anilines is 2. The van der Waals surface area contributed by atoms with Gasteiger partial charge in [0.25, 0.3) is 0 Å². The average Bonchev–Trinajstić information content (AvgIpc) is 3.42. The molecule has 1 aromatic heterocycles. The van der Waals surface area contributed by atoms with Gasteiger partial charge in [0.15, 0.2) is 5.82 Å². The van der Waals surface area contributed by atoms with E-state index in [0.29, 0.717) is 18.9 Å². The molecule has 2 fully saturated rings. The number of halogens is 1. The van der Waals surface area contributed by atoms with Gasteiger partial charge in [0, 0.05) is 75.0 Å². The van der Waals surface area contributed by atoms with Crippen LogP contribution in [0.2, 0.25) is 5.02 Å². The van der Waals surface area contributed by atoms with Crippen LogP contribution in [0.5, 0.6) is 0 Å². The fourth-order valence-corrected chi connectivity index (χ4v) is 4.48. The standard InChI is InChI=1S/C20H27ClN6OS/c1-29-23-19-6-9-27(22-19)20(28)26-12-10-24(11-13-26)15-16-4-5-17(21)14-18(16)25-7-2-3-8-25/h4-6,9,14H,2-3,7-8,10-13,15H2,1H3,(H,22,23). The maximum atomic E-state index is 12.7. The van der Waals surface area contributed by atoms with Crippen molar-refractivity contribution in [2.24, 2.45) is 0 Å². The molecule has 29 heavy (non-hydrogen) atoms. The van der Waals surface area contributed by atoms with Gasteiger partial charge in [-0.3, -0.25) is 4.90 Å². The minimum atomic E-state index is -0.0666. The van der Waals surface area contributed by atoms with E-state index >= 15 is 0 Å². The molecule has 1 aromatic carbocycles. The van der Waals surface area contributed by atoms with Gasteiger partial charge in [-0.25, -0.2) is 4.79 Å². The molecule has 2 aromatic rings. The van der Waals surface area contributed by atoms with E-state index in [1.54, 1.807) is 6.20 Å². The van der Waals surface area contributed by atoms with Gasteiger partial charge in [0.1, 0.15) is 0 Å². The monoisotopic (exact) mass is 434 g/mol. The number of hydrogen-bond acceptors (Lipinski definition) is 6. The van der Waals surface area contributed by atoms with E-state index in [-0.39, 0.29) is 6.03 Å². The number of carbonyl (C=O) groups is 1. The first kappa shape index (κ1) is 20.4. The summed E-state index contributed by atoms with van der Waals surface area (Å²) >= 11 is 7.73. The van der Waals surface area contributed by atoms with Crippen molar-refractivity contribution in [1.82, 2.24) is 19.6 Å². The first-order chi connectivity index (χ1) is 14.1. The first-order valence-electron chi connectivity index (χ1n) is 10.0. The summed E-state index contributed by atoms with van der Waals surface area (Å²) in [5.74, 6) is 0.696. The van der Waals surface area contributed by atoms with Crippen LogP contribution in [0.25, 0.3) is 0 Å². The van der Waals surface area contributed by atoms with Crippen LogP contribution in [0.4, 0.5) is 16.3 Å². The van der Waals surface area contributed by atoms with Crippen molar-refractivity contribution in [3.63, 3.8) is 0 Å². The Morgan fingerprint density at radius 2 is 1.90 bits per heavy atom. The minimum Gasteiger partial charge on any atom is -0.371 e. The molecule has 0 radical (unpaired) electrons. The summed E-state index contributed by atoms with van der Waals surface area (Å²) in [5.41, 5.74) is 2.58. The zero-order valence-electron chi connectivity index (χ0n) is 16.7. The quantitative estimate of drug-likeness (QED) is 0.725. The molecule has 156 valence electrons. The summed E-state index contributed by atoms with van der Waals surface area (Å²) in [7, 11) is 0. The number of hydrogen-bond donors (Lipinski definition) is 1. The second-order valence-corrected chi connectivity index (χ2v) is 8.51. The molecule has 3 heterocycles. The van der Waals surface area contributed by atoms with Gasteiger partial charge in [-0.15, -0.1) is 5.10 Å². The molecule has 0 spiro atoms. The highest BCUT2D eigenvalue weighted by molar-refractivity contribution is 7.99. The van der Waals surface area contributed by atoms with Crippen molar-refractivity contribution in [2.75, 3.05) is 55.1 Å². The zero-order valence-corrected chi connectivity index (χ0v) is 18.3. The molecule has 2 saturated heterocycles. The van der Waals surface area contributed by atoms with E-state index in [4.69, 9.17) is 11.6 Å². The largest absolute Gasteiger partial charge is 0.371 e. The Balaban J connectivity index is 1.36. The van der Waals surface area contributed by atoms with E-state index in [0.717, 1.165) is 37.7 Å². The maximum Gasteiger partial charge on any atom is 0.344 e. The summed E-state index contributed by atoms with van der Waals surface area (Å²) < 4.78 is 4.46. The molecule has 0 bridgehead atoms. The summed E-state index contributed by atoms with van der Waals surface area (Å²) in [5, 5.41) is 5.08. The molecule has 1 N–H and O–H groups in total. The smallest absolute Gasteiger partial charge is 0.344 e. The molecule has 4 rings (SSSR count). The SMILES string of the molecule is CSNc1ccn(C(=O)N2CCN(Cc3ccc(Cl)cc3N3CCCC3)CC2)n1. The summed E-state index contributed by atoms with van der Waals surface area (Å²) in [6, 6.07) is 7.97. The van der Waals surface area contributed by atoms with E-state index in [1.807, 2.05) is 23.3 Å². The minimum absolute atomic E-state index is 0.0666. The summed E-state index contributed by atoms with van der Waals surface area (Å²) in [6.07, 6.45) is 6.13. The van der Waals surface area contributed by atoms with Gasteiger partial charge in [-0.2, -0.15) is 4.68 Å². The van der Waals surface area contributed by atoms with Crippen molar-refractivity contribution >= 4 is 41.1 Å². The molecule has 0 aliphatic carbocycles.